The quantitative estimate of drug-likeness (QED) is 0.665. The largest absolute Gasteiger partial charge is 0.495 e. The van der Waals surface area contributed by atoms with E-state index in [4.69, 9.17) is 16.3 Å². The molecule has 3 aromatic rings. The van der Waals surface area contributed by atoms with Gasteiger partial charge in [0.25, 0.3) is 5.91 Å². The fraction of sp³-hybridized carbons (Fsp3) is 0.150. The maximum Gasteiger partial charge on any atom is 0.274 e. The first kappa shape index (κ1) is 18.7. The third-order valence-electron chi connectivity index (χ3n) is 3.89. The first-order chi connectivity index (χ1) is 13.0. The Kier molecular flexibility index (Phi) is 5.57. The van der Waals surface area contributed by atoms with E-state index in [2.05, 4.69) is 20.6 Å². The van der Waals surface area contributed by atoms with Gasteiger partial charge in [-0.3, -0.25) is 4.79 Å². The van der Waals surface area contributed by atoms with Gasteiger partial charge < -0.3 is 15.4 Å². The highest BCUT2D eigenvalue weighted by atomic mass is 35.5. The molecular formula is C20H19ClN4O2. The van der Waals surface area contributed by atoms with Gasteiger partial charge >= 0.3 is 0 Å². The van der Waals surface area contributed by atoms with Crippen LogP contribution in [0.15, 0.2) is 48.5 Å². The van der Waals surface area contributed by atoms with Crippen molar-refractivity contribution in [3.63, 3.8) is 0 Å². The molecule has 0 saturated carbocycles. The molecule has 6 nitrogen and oxygen atoms in total. The highest BCUT2D eigenvalue weighted by Gasteiger charge is 2.13. The summed E-state index contributed by atoms with van der Waals surface area (Å²) >= 11 is 6.06. The van der Waals surface area contributed by atoms with Crippen LogP contribution < -0.4 is 15.4 Å². The summed E-state index contributed by atoms with van der Waals surface area (Å²) in [6.07, 6.45) is 0. The van der Waals surface area contributed by atoms with Gasteiger partial charge in [0, 0.05) is 16.4 Å². The minimum absolute atomic E-state index is 0.259. The number of aromatic nitrogens is 2. The SMILES string of the molecule is COc1ccc(Cl)cc1Nc1nc(C)cc(C(=O)Nc2ccccc2C)n1. The molecule has 0 unspecified atom stereocenters. The van der Waals surface area contributed by atoms with Crippen molar-refractivity contribution in [2.75, 3.05) is 17.7 Å². The van der Waals surface area contributed by atoms with Crippen molar-refractivity contribution in [2.24, 2.45) is 0 Å². The standard InChI is InChI=1S/C20H19ClN4O2/c1-12-6-4-5-7-15(12)23-19(26)17-10-13(2)22-20(25-17)24-16-11-14(21)8-9-18(16)27-3/h4-11H,1-3H3,(H,23,26)(H,22,24,25). The van der Waals surface area contributed by atoms with Crippen molar-refractivity contribution in [3.05, 3.63) is 70.5 Å². The molecule has 0 aliphatic rings. The molecule has 0 saturated heterocycles. The molecule has 0 aliphatic heterocycles. The number of hydrogen-bond acceptors (Lipinski definition) is 5. The molecule has 1 heterocycles. The molecule has 7 heteroatoms. The summed E-state index contributed by atoms with van der Waals surface area (Å²) < 4.78 is 5.32. The fourth-order valence-electron chi connectivity index (χ4n) is 2.54. The first-order valence-electron chi connectivity index (χ1n) is 8.29. The van der Waals surface area contributed by atoms with Crippen molar-refractivity contribution < 1.29 is 9.53 Å². The average molecular weight is 383 g/mol. The predicted octanol–water partition coefficient (Wildman–Crippen LogP) is 4.75. The number of methoxy groups -OCH3 is 1. The number of rotatable bonds is 5. The Morgan fingerprint density at radius 2 is 1.81 bits per heavy atom. The highest BCUT2D eigenvalue weighted by molar-refractivity contribution is 6.31. The summed E-state index contributed by atoms with van der Waals surface area (Å²) in [6, 6.07) is 14.4. The fourth-order valence-corrected chi connectivity index (χ4v) is 2.71. The summed E-state index contributed by atoms with van der Waals surface area (Å²) in [7, 11) is 1.56. The first-order valence-corrected chi connectivity index (χ1v) is 8.67. The lowest BCUT2D eigenvalue weighted by atomic mass is 10.2. The van der Waals surface area contributed by atoms with Crippen molar-refractivity contribution in [3.8, 4) is 5.75 Å². The van der Waals surface area contributed by atoms with Gasteiger partial charge in [-0.2, -0.15) is 0 Å². The zero-order valence-corrected chi connectivity index (χ0v) is 16.0. The maximum atomic E-state index is 12.6. The molecule has 0 fully saturated rings. The number of para-hydroxylation sites is 1. The van der Waals surface area contributed by atoms with Crippen LogP contribution in [0.3, 0.4) is 0 Å². The van der Waals surface area contributed by atoms with Crippen LogP contribution in [0.4, 0.5) is 17.3 Å². The number of nitrogens with one attached hydrogen (secondary N) is 2. The Bertz CT molecular complexity index is 991. The molecule has 27 heavy (non-hydrogen) atoms. The topological polar surface area (TPSA) is 76.1 Å². The third kappa shape index (κ3) is 4.54. The van der Waals surface area contributed by atoms with Gasteiger partial charge in [0.15, 0.2) is 0 Å². The van der Waals surface area contributed by atoms with Gasteiger partial charge in [-0.1, -0.05) is 29.8 Å². The van der Waals surface area contributed by atoms with Crippen LogP contribution >= 0.6 is 11.6 Å². The van der Waals surface area contributed by atoms with Crippen LogP contribution in [0.1, 0.15) is 21.7 Å². The number of nitrogens with zero attached hydrogens (tertiary/aromatic N) is 2. The number of halogens is 1. The molecule has 2 N–H and O–H groups in total. The monoisotopic (exact) mass is 382 g/mol. The zero-order valence-electron chi connectivity index (χ0n) is 15.2. The summed E-state index contributed by atoms with van der Waals surface area (Å²) in [5, 5.41) is 6.48. The summed E-state index contributed by atoms with van der Waals surface area (Å²) in [4.78, 5) is 21.3. The molecule has 138 valence electrons. The lowest BCUT2D eigenvalue weighted by Gasteiger charge is -2.12. The number of amides is 1. The normalized spacial score (nSPS) is 10.4. The predicted molar refractivity (Wildman–Crippen MR) is 107 cm³/mol. The van der Waals surface area contributed by atoms with E-state index in [9.17, 15) is 4.79 Å². The number of anilines is 3. The van der Waals surface area contributed by atoms with Crippen LogP contribution in [-0.2, 0) is 0 Å². The Labute approximate surface area is 162 Å². The number of carbonyl (C=O) groups is 1. The summed E-state index contributed by atoms with van der Waals surface area (Å²) in [6.45, 7) is 3.73. The number of ether oxygens (including phenoxy) is 1. The Morgan fingerprint density at radius 3 is 2.56 bits per heavy atom. The molecule has 1 aromatic heterocycles. The van der Waals surface area contributed by atoms with Gasteiger partial charge in [0.1, 0.15) is 11.4 Å². The maximum absolute atomic E-state index is 12.6. The van der Waals surface area contributed by atoms with Crippen LogP contribution in [0, 0.1) is 13.8 Å². The molecule has 2 aromatic carbocycles. The van der Waals surface area contributed by atoms with Gasteiger partial charge in [-0.05, 0) is 49.7 Å². The highest BCUT2D eigenvalue weighted by Crippen LogP contribution is 2.29. The second-order valence-corrected chi connectivity index (χ2v) is 6.39. The minimum atomic E-state index is -0.309. The van der Waals surface area contributed by atoms with Crippen LogP contribution in [0.25, 0.3) is 0 Å². The minimum Gasteiger partial charge on any atom is -0.495 e. The molecule has 0 atom stereocenters. The zero-order chi connectivity index (χ0) is 19.4. The molecular weight excluding hydrogens is 364 g/mol. The lowest BCUT2D eigenvalue weighted by Crippen LogP contribution is -2.16. The smallest absolute Gasteiger partial charge is 0.274 e. The summed E-state index contributed by atoms with van der Waals surface area (Å²) in [5.41, 5.74) is 3.24. The van der Waals surface area contributed by atoms with E-state index >= 15 is 0 Å². The molecule has 0 spiro atoms. The van der Waals surface area contributed by atoms with Crippen LogP contribution in [0.5, 0.6) is 5.75 Å². The second kappa shape index (κ2) is 8.05. The molecule has 0 bridgehead atoms. The number of hydrogen-bond donors (Lipinski definition) is 2. The Morgan fingerprint density at radius 1 is 1.04 bits per heavy atom. The number of benzene rings is 2. The van der Waals surface area contributed by atoms with Crippen molar-refractivity contribution in [2.45, 2.75) is 13.8 Å². The molecule has 1 amide bonds. The number of aryl methyl sites for hydroxylation is 2. The summed E-state index contributed by atoms with van der Waals surface area (Å²) in [5.74, 6) is 0.567. The van der Waals surface area contributed by atoms with E-state index in [-0.39, 0.29) is 17.5 Å². The van der Waals surface area contributed by atoms with E-state index in [0.29, 0.717) is 22.2 Å². The van der Waals surface area contributed by atoms with E-state index in [1.165, 1.54) is 0 Å². The lowest BCUT2D eigenvalue weighted by molar-refractivity contribution is 0.102. The molecule has 0 radical (unpaired) electrons. The van der Waals surface area contributed by atoms with E-state index in [1.54, 1.807) is 38.3 Å². The van der Waals surface area contributed by atoms with Gasteiger partial charge in [-0.15, -0.1) is 0 Å². The van der Waals surface area contributed by atoms with Crippen molar-refractivity contribution in [1.29, 1.82) is 0 Å². The van der Waals surface area contributed by atoms with Crippen molar-refractivity contribution >= 4 is 34.8 Å². The Hall–Kier alpha value is -3.12. The van der Waals surface area contributed by atoms with Gasteiger partial charge in [-0.25, -0.2) is 9.97 Å². The number of carbonyl (C=O) groups excluding carboxylic acids is 1. The van der Waals surface area contributed by atoms with Crippen molar-refractivity contribution in [1.82, 2.24) is 9.97 Å². The van der Waals surface area contributed by atoms with E-state index in [1.807, 2.05) is 31.2 Å². The van der Waals surface area contributed by atoms with Gasteiger partial charge in [0.2, 0.25) is 5.95 Å². The Balaban J connectivity index is 1.87. The average Bonchev–Trinajstić information content (AvgIpc) is 2.63. The van der Waals surface area contributed by atoms with Crippen LogP contribution in [0.2, 0.25) is 5.02 Å². The van der Waals surface area contributed by atoms with E-state index in [0.717, 1.165) is 11.3 Å². The van der Waals surface area contributed by atoms with Crippen LogP contribution in [-0.4, -0.2) is 23.0 Å². The van der Waals surface area contributed by atoms with Gasteiger partial charge in [0.05, 0.1) is 12.8 Å². The third-order valence-corrected chi connectivity index (χ3v) is 4.12. The second-order valence-electron chi connectivity index (χ2n) is 5.96. The van der Waals surface area contributed by atoms with E-state index < -0.39 is 0 Å². The molecule has 3 rings (SSSR count). The molecule has 0 aliphatic carbocycles.